The van der Waals surface area contributed by atoms with Gasteiger partial charge in [0, 0.05) is 19.0 Å². The number of fused-ring (bicyclic) bond motifs is 1. The standard InChI is InChI=1S/C31H43N5O6/c1-19(2)26(37)27(38)32-20(3)28(39)36-16-8-9-24(34-36)29(40)35(6)18-23-13-12-22-11-10-21(17-25(22)33-23)14-15-31(4,5)30(41)42-7/h10-15,17,19-20,24,26,34,37H,8-9,16,18H2,1-7H3,(H,32,38)/b15-14+/t20-,24-,26-/m0/s1. The molecule has 3 N–H and O–H groups in total. The third-order valence-electron chi connectivity index (χ3n) is 7.33. The van der Waals surface area contributed by atoms with Crippen molar-refractivity contribution in [1.82, 2.24) is 25.6 Å². The number of nitrogens with one attached hydrogen (secondary N) is 2. The van der Waals surface area contributed by atoms with Gasteiger partial charge in [-0.15, -0.1) is 0 Å². The molecule has 0 radical (unpaired) electrons. The van der Waals surface area contributed by atoms with Crippen molar-refractivity contribution >= 4 is 40.7 Å². The van der Waals surface area contributed by atoms with E-state index in [0.29, 0.717) is 25.1 Å². The molecule has 1 aliphatic rings. The molecular formula is C31H43N5O6. The third-order valence-corrected chi connectivity index (χ3v) is 7.33. The van der Waals surface area contributed by atoms with Crippen LogP contribution in [0.3, 0.4) is 0 Å². The third kappa shape index (κ3) is 8.13. The fourth-order valence-electron chi connectivity index (χ4n) is 4.61. The molecule has 1 fully saturated rings. The molecule has 1 aromatic heterocycles. The molecule has 2 aromatic rings. The molecule has 11 heteroatoms. The van der Waals surface area contributed by atoms with E-state index >= 15 is 0 Å². The molecule has 42 heavy (non-hydrogen) atoms. The number of aromatic nitrogens is 1. The van der Waals surface area contributed by atoms with Gasteiger partial charge in [-0.3, -0.25) is 29.2 Å². The summed E-state index contributed by atoms with van der Waals surface area (Å²) in [5.74, 6) is -1.76. The van der Waals surface area contributed by atoms with Crippen molar-refractivity contribution in [3.8, 4) is 0 Å². The summed E-state index contributed by atoms with van der Waals surface area (Å²) in [6, 6.07) is 8.19. The van der Waals surface area contributed by atoms with E-state index in [2.05, 4.69) is 10.7 Å². The van der Waals surface area contributed by atoms with Crippen molar-refractivity contribution < 1.29 is 29.0 Å². The summed E-state index contributed by atoms with van der Waals surface area (Å²) in [6.45, 7) is 9.23. The molecule has 2 heterocycles. The van der Waals surface area contributed by atoms with Crippen LogP contribution in [0.15, 0.2) is 36.4 Å². The molecular weight excluding hydrogens is 538 g/mol. The average Bonchev–Trinajstić information content (AvgIpc) is 2.97. The lowest BCUT2D eigenvalue weighted by Gasteiger charge is -2.36. The van der Waals surface area contributed by atoms with Gasteiger partial charge in [0.1, 0.15) is 18.2 Å². The molecule has 1 saturated heterocycles. The largest absolute Gasteiger partial charge is 0.468 e. The summed E-state index contributed by atoms with van der Waals surface area (Å²) in [5, 5.41) is 14.8. The second kappa shape index (κ2) is 13.9. The molecule has 0 saturated carbocycles. The number of carbonyl (C=O) groups excluding carboxylic acids is 4. The zero-order valence-corrected chi connectivity index (χ0v) is 25.5. The smallest absolute Gasteiger partial charge is 0.315 e. The Balaban J connectivity index is 1.64. The molecule has 0 aliphatic carbocycles. The van der Waals surface area contributed by atoms with Gasteiger partial charge in [-0.05, 0) is 57.2 Å². The molecule has 0 bridgehead atoms. The van der Waals surface area contributed by atoms with E-state index in [-0.39, 0.29) is 30.2 Å². The fourth-order valence-corrected chi connectivity index (χ4v) is 4.61. The van der Waals surface area contributed by atoms with Crippen molar-refractivity contribution in [2.45, 2.75) is 72.2 Å². The second-order valence-corrected chi connectivity index (χ2v) is 11.7. The van der Waals surface area contributed by atoms with Crippen molar-refractivity contribution in [1.29, 1.82) is 0 Å². The highest BCUT2D eigenvalue weighted by Gasteiger charge is 2.33. The van der Waals surface area contributed by atoms with E-state index in [1.165, 1.54) is 12.1 Å². The van der Waals surface area contributed by atoms with Crippen LogP contribution in [-0.4, -0.2) is 82.6 Å². The average molecular weight is 582 g/mol. The summed E-state index contributed by atoms with van der Waals surface area (Å²) in [6.07, 6.45) is 3.63. The topological polar surface area (TPSA) is 141 Å². The molecule has 11 nitrogen and oxygen atoms in total. The lowest BCUT2D eigenvalue weighted by Crippen LogP contribution is -2.61. The number of nitrogens with zero attached hydrogens (tertiary/aromatic N) is 3. The summed E-state index contributed by atoms with van der Waals surface area (Å²) >= 11 is 0. The van der Waals surface area contributed by atoms with E-state index in [1.54, 1.807) is 52.6 Å². The summed E-state index contributed by atoms with van der Waals surface area (Å²) in [4.78, 5) is 56.8. The van der Waals surface area contributed by atoms with Gasteiger partial charge in [0.15, 0.2) is 0 Å². The lowest BCUT2D eigenvalue weighted by atomic mass is 9.92. The number of benzene rings is 1. The predicted molar refractivity (Wildman–Crippen MR) is 159 cm³/mol. The maximum absolute atomic E-state index is 13.3. The van der Waals surface area contributed by atoms with Gasteiger partial charge in [0.2, 0.25) is 11.8 Å². The number of aliphatic hydroxyl groups is 1. The zero-order valence-electron chi connectivity index (χ0n) is 25.5. The SMILES string of the molecule is COC(=O)C(C)(C)/C=C/c1ccc2ccc(CN(C)C(=O)[C@@H]3CCCN(C(=O)[C@H](C)NC(=O)[C@@H](O)C(C)C)N3)nc2c1. The Kier molecular flexibility index (Phi) is 10.8. The summed E-state index contributed by atoms with van der Waals surface area (Å²) < 4.78 is 4.86. The Morgan fingerprint density at radius 1 is 1.21 bits per heavy atom. The summed E-state index contributed by atoms with van der Waals surface area (Å²) in [7, 11) is 3.06. The second-order valence-electron chi connectivity index (χ2n) is 11.7. The zero-order chi connectivity index (χ0) is 31.2. The minimum absolute atomic E-state index is 0.178. The Hall–Kier alpha value is -3.83. The molecule has 1 aromatic carbocycles. The Labute approximate surface area is 247 Å². The summed E-state index contributed by atoms with van der Waals surface area (Å²) in [5.41, 5.74) is 4.60. The Morgan fingerprint density at radius 3 is 2.57 bits per heavy atom. The number of amides is 3. The number of hydrazine groups is 1. The number of methoxy groups -OCH3 is 1. The van der Waals surface area contributed by atoms with Crippen LogP contribution in [0.5, 0.6) is 0 Å². The van der Waals surface area contributed by atoms with Gasteiger partial charge >= 0.3 is 5.97 Å². The maximum Gasteiger partial charge on any atom is 0.315 e. The van der Waals surface area contributed by atoms with Crippen LogP contribution in [-0.2, 0) is 30.5 Å². The predicted octanol–water partition coefficient (Wildman–Crippen LogP) is 2.42. The molecule has 1 aliphatic heterocycles. The number of rotatable bonds is 10. The minimum Gasteiger partial charge on any atom is -0.468 e. The minimum atomic E-state index is -1.21. The normalized spacial score (nSPS) is 17.3. The molecule has 3 rings (SSSR count). The highest BCUT2D eigenvalue weighted by atomic mass is 16.5. The number of carbonyl (C=O) groups is 4. The first-order valence-electron chi connectivity index (χ1n) is 14.2. The van der Waals surface area contributed by atoms with E-state index in [9.17, 15) is 24.3 Å². The first-order chi connectivity index (χ1) is 19.7. The molecule has 3 atom stereocenters. The van der Waals surface area contributed by atoms with Crippen molar-refractivity contribution in [2.24, 2.45) is 11.3 Å². The van der Waals surface area contributed by atoms with Crippen molar-refractivity contribution in [2.75, 3.05) is 20.7 Å². The number of hydrogen-bond acceptors (Lipinski definition) is 8. The molecule has 0 unspecified atom stereocenters. The maximum atomic E-state index is 13.3. The number of likely N-dealkylation sites (N-methyl/N-ethyl adjacent to an activating group) is 1. The number of pyridine rings is 1. The van der Waals surface area contributed by atoms with E-state index < -0.39 is 29.5 Å². The molecule has 0 spiro atoms. The van der Waals surface area contributed by atoms with Gasteiger partial charge in [-0.2, -0.15) is 0 Å². The quantitative estimate of drug-likeness (QED) is 0.364. The van der Waals surface area contributed by atoms with Crippen LogP contribution >= 0.6 is 0 Å². The Bertz CT molecular complexity index is 1340. The van der Waals surface area contributed by atoms with Gasteiger partial charge in [0.05, 0.1) is 30.3 Å². The number of aliphatic hydroxyl groups excluding tert-OH is 1. The first-order valence-corrected chi connectivity index (χ1v) is 14.2. The van der Waals surface area contributed by atoms with Crippen molar-refractivity contribution in [3.05, 3.63) is 47.7 Å². The first kappa shape index (κ1) is 32.7. The van der Waals surface area contributed by atoms with Crippen LogP contribution in [0.4, 0.5) is 0 Å². The number of hydrogen-bond donors (Lipinski definition) is 3. The van der Waals surface area contributed by atoms with Gasteiger partial charge in [-0.1, -0.05) is 44.2 Å². The van der Waals surface area contributed by atoms with Crippen LogP contribution in [0.1, 0.15) is 58.7 Å². The van der Waals surface area contributed by atoms with Crippen LogP contribution < -0.4 is 10.7 Å². The van der Waals surface area contributed by atoms with Gasteiger partial charge in [-0.25, -0.2) is 5.43 Å². The highest BCUT2D eigenvalue weighted by Crippen LogP contribution is 2.23. The van der Waals surface area contributed by atoms with E-state index in [1.807, 2.05) is 36.4 Å². The van der Waals surface area contributed by atoms with Crippen LogP contribution in [0, 0.1) is 11.3 Å². The fraction of sp³-hybridized carbons (Fsp3) is 0.516. The van der Waals surface area contributed by atoms with Crippen molar-refractivity contribution in [3.63, 3.8) is 0 Å². The van der Waals surface area contributed by atoms with Crippen LogP contribution in [0.25, 0.3) is 17.0 Å². The monoisotopic (exact) mass is 581 g/mol. The van der Waals surface area contributed by atoms with Gasteiger partial charge in [0.25, 0.3) is 5.91 Å². The van der Waals surface area contributed by atoms with Gasteiger partial charge < -0.3 is 20.1 Å². The highest BCUT2D eigenvalue weighted by molar-refractivity contribution is 5.89. The molecule has 3 amide bonds. The lowest BCUT2D eigenvalue weighted by molar-refractivity contribution is -0.148. The molecule has 228 valence electrons. The van der Waals surface area contributed by atoms with E-state index in [4.69, 9.17) is 9.72 Å². The Morgan fingerprint density at radius 2 is 1.90 bits per heavy atom. The number of esters is 1. The van der Waals surface area contributed by atoms with Crippen LogP contribution in [0.2, 0.25) is 0 Å². The number of ether oxygens (including phenoxy) is 1. The van der Waals surface area contributed by atoms with E-state index in [0.717, 1.165) is 16.5 Å².